The summed E-state index contributed by atoms with van der Waals surface area (Å²) < 4.78 is 5.10. The van der Waals surface area contributed by atoms with Gasteiger partial charge in [0.1, 0.15) is 11.3 Å². The number of carboxylic acid groups (broad SMARTS) is 1. The fourth-order valence-electron chi connectivity index (χ4n) is 2.75. The first-order valence-electron chi connectivity index (χ1n) is 6.99. The van der Waals surface area contributed by atoms with E-state index in [-0.39, 0.29) is 18.2 Å². The number of carbonyl (C=O) groups excluding carboxylic acids is 1. The number of aliphatic carboxylic acids is 1. The predicted octanol–water partition coefficient (Wildman–Crippen LogP) is 1.87. The second kappa shape index (κ2) is 6.07. The molecule has 1 unspecified atom stereocenters. The van der Waals surface area contributed by atoms with Crippen LogP contribution in [-0.2, 0) is 11.2 Å². The van der Waals surface area contributed by atoms with Crippen molar-refractivity contribution in [1.29, 1.82) is 0 Å². The fraction of sp³-hybridized carbons (Fsp3) is 0.643. The van der Waals surface area contributed by atoms with Crippen molar-refractivity contribution in [3.63, 3.8) is 0 Å². The molecule has 1 amide bonds. The lowest BCUT2D eigenvalue weighted by molar-refractivity contribution is -0.138. The minimum absolute atomic E-state index is 0.0374. The van der Waals surface area contributed by atoms with Gasteiger partial charge < -0.3 is 14.5 Å². The Bertz CT molecular complexity index is 509. The summed E-state index contributed by atoms with van der Waals surface area (Å²) in [6.45, 7) is 4.83. The van der Waals surface area contributed by atoms with E-state index < -0.39 is 5.97 Å². The number of nitrogens with zero attached hydrogens (tertiary/aromatic N) is 2. The zero-order valence-electron chi connectivity index (χ0n) is 11.9. The largest absolute Gasteiger partial charge is 0.481 e. The van der Waals surface area contributed by atoms with Crippen molar-refractivity contribution in [2.24, 2.45) is 5.92 Å². The average molecular weight is 280 g/mol. The van der Waals surface area contributed by atoms with Crippen LogP contribution in [0.25, 0.3) is 0 Å². The molecule has 0 saturated carbocycles. The van der Waals surface area contributed by atoms with E-state index in [2.05, 4.69) is 5.16 Å². The lowest BCUT2D eigenvalue weighted by atomic mass is 9.94. The molecule has 6 heteroatoms. The van der Waals surface area contributed by atoms with Gasteiger partial charge in [-0.15, -0.1) is 0 Å². The molecule has 20 heavy (non-hydrogen) atoms. The molecule has 0 aromatic carbocycles. The van der Waals surface area contributed by atoms with Crippen LogP contribution in [0.3, 0.4) is 0 Å². The highest BCUT2D eigenvalue weighted by molar-refractivity contribution is 5.96. The SMILES string of the molecule is CCc1noc(C)c1C(=O)N1CCCC(CC(=O)O)C1. The smallest absolute Gasteiger partial charge is 0.303 e. The van der Waals surface area contributed by atoms with Crippen LogP contribution in [0.15, 0.2) is 4.52 Å². The second-order valence-electron chi connectivity index (χ2n) is 5.27. The van der Waals surface area contributed by atoms with Gasteiger partial charge in [-0.2, -0.15) is 0 Å². The van der Waals surface area contributed by atoms with Crippen LogP contribution in [0.1, 0.15) is 48.0 Å². The Morgan fingerprint density at radius 3 is 2.90 bits per heavy atom. The third-order valence-corrected chi connectivity index (χ3v) is 3.75. The molecule has 1 atom stereocenters. The van der Waals surface area contributed by atoms with Gasteiger partial charge in [0, 0.05) is 19.5 Å². The Kier molecular flexibility index (Phi) is 4.42. The van der Waals surface area contributed by atoms with E-state index in [0.717, 1.165) is 12.8 Å². The molecular formula is C14H20N2O4. The first-order chi connectivity index (χ1) is 9.52. The lowest BCUT2D eigenvalue weighted by Gasteiger charge is -2.32. The van der Waals surface area contributed by atoms with Crippen LogP contribution in [0.4, 0.5) is 0 Å². The van der Waals surface area contributed by atoms with Gasteiger partial charge in [0.15, 0.2) is 0 Å². The van der Waals surface area contributed by atoms with E-state index in [0.29, 0.717) is 36.5 Å². The number of hydrogen-bond acceptors (Lipinski definition) is 4. The molecule has 1 N–H and O–H groups in total. The first-order valence-corrected chi connectivity index (χ1v) is 6.99. The highest BCUT2D eigenvalue weighted by atomic mass is 16.5. The molecule has 1 saturated heterocycles. The van der Waals surface area contributed by atoms with Crippen molar-refractivity contribution in [3.8, 4) is 0 Å². The molecule has 1 aromatic rings. The maximum atomic E-state index is 12.6. The third-order valence-electron chi connectivity index (χ3n) is 3.75. The highest BCUT2D eigenvalue weighted by Crippen LogP contribution is 2.23. The number of carboxylic acids is 1. The van der Waals surface area contributed by atoms with Gasteiger partial charge in [-0.1, -0.05) is 12.1 Å². The van der Waals surface area contributed by atoms with Crippen molar-refractivity contribution in [2.45, 2.75) is 39.5 Å². The minimum atomic E-state index is -0.806. The van der Waals surface area contributed by atoms with Gasteiger partial charge in [0.25, 0.3) is 5.91 Å². The van der Waals surface area contributed by atoms with Crippen LogP contribution in [0, 0.1) is 12.8 Å². The normalized spacial score (nSPS) is 19.1. The lowest BCUT2D eigenvalue weighted by Crippen LogP contribution is -2.40. The third kappa shape index (κ3) is 3.00. The first kappa shape index (κ1) is 14.6. The summed E-state index contributed by atoms with van der Waals surface area (Å²) in [5, 5.41) is 12.8. The summed E-state index contributed by atoms with van der Waals surface area (Å²) in [5.41, 5.74) is 1.22. The second-order valence-corrected chi connectivity index (χ2v) is 5.27. The molecule has 0 aliphatic carbocycles. The summed E-state index contributed by atoms with van der Waals surface area (Å²) in [7, 11) is 0. The summed E-state index contributed by atoms with van der Waals surface area (Å²) >= 11 is 0. The minimum Gasteiger partial charge on any atom is -0.481 e. The molecular weight excluding hydrogens is 260 g/mol. The van der Waals surface area contributed by atoms with Crippen LogP contribution in [-0.4, -0.2) is 40.1 Å². The number of rotatable bonds is 4. The number of likely N-dealkylation sites (tertiary alicyclic amines) is 1. The molecule has 1 fully saturated rings. The summed E-state index contributed by atoms with van der Waals surface area (Å²) in [4.78, 5) is 25.1. The van der Waals surface area contributed by atoms with Crippen LogP contribution < -0.4 is 0 Å². The summed E-state index contributed by atoms with van der Waals surface area (Å²) in [5.74, 6) is -0.321. The van der Waals surface area contributed by atoms with E-state index in [9.17, 15) is 9.59 Å². The highest BCUT2D eigenvalue weighted by Gasteiger charge is 2.29. The predicted molar refractivity (Wildman–Crippen MR) is 71.5 cm³/mol. The Hall–Kier alpha value is -1.85. The number of aromatic nitrogens is 1. The summed E-state index contributed by atoms with van der Waals surface area (Å²) in [6, 6.07) is 0. The molecule has 1 aliphatic rings. The quantitative estimate of drug-likeness (QED) is 0.910. The molecule has 2 rings (SSSR count). The van der Waals surface area contributed by atoms with Gasteiger partial charge >= 0.3 is 5.97 Å². The Labute approximate surface area is 117 Å². The number of piperidine rings is 1. The van der Waals surface area contributed by atoms with Crippen molar-refractivity contribution >= 4 is 11.9 Å². The topological polar surface area (TPSA) is 83.6 Å². The van der Waals surface area contributed by atoms with Crippen LogP contribution in [0.5, 0.6) is 0 Å². The molecule has 110 valence electrons. The Morgan fingerprint density at radius 1 is 1.50 bits per heavy atom. The van der Waals surface area contributed by atoms with Crippen molar-refractivity contribution in [3.05, 3.63) is 17.0 Å². The van der Waals surface area contributed by atoms with Crippen molar-refractivity contribution in [2.75, 3.05) is 13.1 Å². The standard InChI is InChI=1S/C14H20N2O4/c1-3-11-13(9(2)20-15-11)14(19)16-6-4-5-10(8-16)7-12(17)18/h10H,3-8H2,1-2H3,(H,17,18). The molecule has 1 aromatic heterocycles. The summed E-state index contributed by atoms with van der Waals surface area (Å²) in [6.07, 6.45) is 2.46. The van der Waals surface area contributed by atoms with Crippen molar-refractivity contribution in [1.82, 2.24) is 10.1 Å². The zero-order chi connectivity index (χ0) is 14.7. The maximum absolute atomic E-state index is 12.6. The van der Waals surface area contributed by atoms with Crippen LogP contribution in [0.2, 0.25) is 0 Å². The van der Waals surface area contributed by atoms with E-state index in [4.69, 9.17) is 9.63 Å². The van der Waals surface area contributed by atoms with Gasteiger partial charge in [-0.25, -0.2) is 0 Å². The molecule has 6 nitrogen and oxygen atoms in total. The van der Waals surface area contributed by atoms with E-state index >= 15 is 0 Å². The molecule has 0 bridgehead atoms. The molecule has 0 spiro atoms. The van der Waals surface area contributed by atoms with Crippen molar-refractivity contribution < 1.29 is 19.2 Å². The number of hydrogen-bond donors (Lipinski definition) is 1. The van der Waals surface area contributed by atoms with Crippen LogP contribution >= 0.6 is 0 Å². The fourth-order valence-corrected chi connectivity index (χ4v) is 2.75. The zero-order valence-corrected chi connectivity index (χ0v) is 11.9. The van der Waals surface area contributed by atoms with E-state index in [1.165, 1.54) is 0 Å². The monoisotopic (exact) mass is 280 g/mol. The van der Waals surface area contributed by atoms with Gasteiger partial charge in [-0.3, -0.25) is 9.59 Å². The average Bonchev–Trinajstić information content (AvgIpc) is 2.78. The molecule has 0 radical (unpaired) electrons. The number of amides is 1. The number of carbonyl (C=O) groups is 2. The molecule has 2 heterocycles. The Balaban J connectivity index is 2.12. The van der Waals surface area contributed by atoms with Gasteiger partial charge in [-0.05, 0) is 32.1 Å². The van der Waals surface area contributed by atoms with E-state index in [1.807, 2.05) is 6.92 Å². The number of aryl methyl sites for hydroxylation is 2. The van der Waals surface area contributed by atoms with Gasteiger partial charge in [0.2, 0.25) is 0 Å². The van der Waals surface area contributed by atoms with Gasteiger partial charge in [0.05, 0.1) is 5.69 Å². The maximum Gasteiger partial charge on any atom is 0.303 e. The molecule has 1 aliphatic heterocycles. The Morgan fingerprint density at radius 2 is 2.25 bits per heavy atom. The van der Waals surface area contributed by atoms with E-state index in [1.54, 1.807) is 11.8 Å².